The number of carbonyl (C=O) groups is 3. The quantitative estimate of drug-likeness (QED) is 0.627. The first-order chi connectivity index (χ1) is 14.8. The van der Waals surface area contributed by atoms with Crippen LogP contribution in [0.25, 0.3) is 0 Å². The van der Waals surface area contributed by atoms with Crippen molar-refractivity contribution in [2.24, 2.45) is 0 Å². The fourth-order valence-corrected chi connectivity index (χ4v) is 3.32. The van der Waals surface area contributed by atoms with Crippen molar-refractivity contribution in [3.05, 3.63) is 48.0 Å². The van der Waals surface area contributed by atoms with Crippen LogP contribution in [0.4, 0.5) is 10.5 Å². The second-order valence-electron chi connectivity index (χ2n) is 7.02. The molecule has 0 spiro atoms. The summed E-state index contributed by atoms with van der Waals surface area (Å²) in [5, 5.41) is 5.34. The SMILES string of the molecule is CCOc1ccc(C2(C)NC(=O)N(CC(=O)Nc3ccc(OC)cc3OC)C2=O)cc1. The van der Waals surface area contributed by atoms with Crippen LogP contribution in [0.5, 0.6) is 17.2 Å². The molecular weight excluding hydrogens is 402 g/mol. The van der Waals surface area contributed by atoms with E-state index in [-0.39, 0.29) is 0 Å². The van der Waals surface area contributed by atoms with Gasteiger partial charge in [0.05, 0.1) is 26.5 Å². The number of amides is 4. The highest BCUT2D eigenvalue weighted by molar-refractivity contribution is 6.10. The lowest BCUT2D eigenvalue weighted by atomic mass is 9.92. The molecule has 0 radical (unpaired) electrons. The Labute approximate surface area is 180 Å². The fraction of sp³-hybridized carbons (Fsp3) is 0.318. The Morgan fingerprint density at radius 1 is 1.06 bits per heavy atom. The molecule has 1 aliphatic heterocycles. The van der Waals surface area contributed by atoms with Gasteiger partial charge >= 0.3 is 6.03 Å². The van der Waals surface area contributed by atoms with Gasteiger partial charge in [0.15, 0.2) is 0 Å². The molecule has 0 bridgehead atoms. The normalized spacial score (nSPS) is 17.9. The van der Waals surface area contributed by atoms with E-state index in [1.54, 1.807) is 49.4 Å². The van der Waals surface area contributed by atoms with Gasteiger partial charge in [0.1, 0.15) is 29.3 Å². The van der Waals surface area contributed by atoms with Crippen molar-refractivity contribution in [2.75, 3.05) is 32.7 Å². The van der Waals surface area contributed by atoms with E-state index >= 15 is 0 Å². The number of hydrogen-bond donors (Lipinski definition) is 2. The Bertz CT molecular complexity index is 991. The summed E-state index contributed by atoms with van der Waals surface area (Å²) in [6.45, 7) is 3.56. The molecule has 1 unspecified atom stereocenters. The van der Waals surface area contributed by atoms with Crippen molar-refractivity contribution >= 4 is 23.5 Å². The maximum Gasteiger partial charge on any atom is 0.325 e. The summed E-state index contributed by atoms with van der Waals surface area (Å²) < 4.78 is 15.8. The molecule has 31 heavy (non-hydrogen) atoms. The Balaban J connectivity index is 1.73. The Hall–Kier alpha value is -3.75. The Morgan fingerprint density at radius 2 is 1.74 bits per heavy atom. The number of nitrogens with one attached hydrogen (secondary N) is 2. The molecule has 0 aliphatic carbocycles. The van der Waals surface area contributed by atoms with Crippen molar-refractivity contribution in [1.82, 2.24) is 10.2 Å². The first-order valence-corrected chi connectivity index (χ1v) is 9.71. The van der Waals surface area contributed by atoms with E-state index < -0.39 is 29.9 Å². The lowest BCUT2D eigenvalue weighted by molar-refractivity contribution is -0.133. The lowest BCUT2D eigenvalue weighted by Gasteiger charge is -2.22. The highest BCUT2D eigenvalue weighted by Crippen LogP contribution is 2.31. The highest BCUT2D eigenvalue weighted by Gasteiger charge is 2.49. The summed E-state index contributed by atoms with van der Waals surface area (Å²) in [4.78, 5) is 39.0. The van der Waals surface area contributed by atoms with Gasteiger partial charge in [0.2, 0.25) is 5.91 Å². The minimum Gasteiger partial charge on any atom is -0.497 e. The number of rotatable bonds is 8. The molecule has 4 amide bonds. The van der Waals surface area contributed by atoms with E-state index in [0.29, 0.717) is 35.1 Å². The third-order valence-electron chi connectivity index (χ3n) is 5.00. The number of imide groups is 1. The van der Waals surface area contributed by atoms with Crippen molar-refractivity contribution in [1.29, 1.82) is 0 Å². The molecule has 2 N–H and O–H groups in total. The van der Waals surface area contributed by atoms with E-state index in [1.165, 1.54) is 14.2 Å². The van der Waals surface area contributed by atoms with Gasteiger partial charge in [-0.3, -0.25) is 14.5 Å². The number of carbonyl (C=O) groups excluding carboxylic acids is 3. The molecule has 164 valence electrons. The number of ether oxygens (including phenoxy) is 3. The molecule has 3 rings (SSSR count). The van der Waals surface area contributed by atoms with E-state index in [4.69, 9.17) is 14.2 Å². The fourth-order valence-electron chi connectivity index (χ4n) is 3.32. The summed E-state index contributed by atoms with van der Waals surface area (Å²) >= 11 is 0. The summed E-state index contributed by atoms with van der Waals surface area (Å²) in [6, 6.07) is 11.2. The van der Waals surface area contributed by atoms with Crippen LogP contribution in [0.3, 0.4) is 0 Å². The standard InChI is InChI=1S/C22H25N3O6/c1-5-31-15-8-6-14(7-9-15)22(2)20(27)25(21(28)24-22)13-19(26)23-17-11-10-16(29-3)12-18(17)30-4/h6-12H,5,13H2,1-4H3,(H,23,26)(H,24,28). The van der Waals surface area contributed by atoms with Crippen molar-refractivity contribution in [3.63, 3.8) is 0 Å². The number of hydrogen-bond acceptors (Lipinski definition) is 6. The molecule has 9 nitrogen and oxygen atoms in total. The topological polar surface area (TPSA) is 106 Å². The Morgan fingerprint density at radius 3 is 2.35 bits per heavy atom. The number of anilines is 1. The van der Waals surface area contributed by atoms with Crippen LogP contribution in [0.15, 0.2) is 42.5 Å². The first-order valence-electron chi connectivity index (χ1n) is 9.71. The van der Waals surface area contributed by atoms with Crippen molar-refractivity contribution < 1.29 is 28.6 Å². The predicted octanol–water partition coefficient (Wildman–Crippen LogP) is 2.51. The molecule has 1 atom stereocenters. The third-order valence-corrected chi connectivity index (χ3v) is 5.00. The molecule has 1 aliphatic rings. The smallest absolute Gasteiger partial charge is 0.325 e. The summed E-state index contributed by atoms with van der Waals surface area (Å²) in [5.74, 6) is 0.567. The van der Waals surface area contributed by atoms with Gasteiger partial charge in [0, 0.05) is 6.07 Å². The maximum absolute atomic E-state index is 13.0. The average Bonchev–Trinajstić information content (AvgIpc) is 2.98. The van der Waals surface area contributed by atoms with Crippen molar-refractivity contribution in [2.45, 2.75) is 19.4 Å². The second-order valence-corrected chi connectivity index (χ2v) is 7.02. The predicted molar refractivity (Wildman–Crippen MR) is 113 cm³/mol. The molecular formula is C22H25N3O6. The third kappa shape index (κ3) is 4.40. The summed E-state index contributed by atoms with van der Waals surface area (Å²) in [5.41, 5.74) is -0.288. The molecule has 1 fully saturated rings. The van der Waals surface area contributed by atoms with Gasteiger partial charge in [0.25, 0.3) is 5.91 Å². The number of benzene rings is 2. The van der Waals surface area contributed by atoms with Gasteiger partial charge in [-0.15, -0.1) is 0 Å². The van der Waals surface area contributed by atoms with Gasteiger partial charge in [-0.05, 0) is 43.7 Å². The van der Waals surface area contributed by atoms with Crippen LogP contribution in [0, 0.1) is 0 Å². The van der Waals surface area contributed by atoms with Crippen molar-refractivity contribution in [3.8, 4) is 17.2 Å². The van der Waals surface area contributed by atoms with Gasteiger partial charge in [-0.1, -0.05) is 12.1 Å². The minimum atomic E-state index is -1.28. The van der Waals surface area contributed by atoms with Crippen LogP contribution in [0.1, 0.15) is 19.4 Å². The molecule has 9 heteroatoms. The van der Waals surface area contributed by atoms with Crippen LogP contribution in [-0.2, 0) is 15.1 Å². The summed E-state index contributed by atoms with van der Waals surface area (Å²) in [7, 11) is 2.98. The molecule has 2 aromatic carbocycles. The zero-order valence-electron chi connectivity index (χ0n) is 17.9. The molecule has 0 saturated carbocycles. The van der Waals surface area contributed by atoms with E-state index in [2.05, 4.69) is 10.6 Å². The monoisotopic (exact) mass is 427 g/mol. The minimum absolute atomic E-state index is 0.393. The van der Waals surface area contributed by atoms with Crippen LogP contribution in [-0.4, -0.2) is 50.1 Å². The van der Waals surface area contributed by atoms with Crippen LogP contribution >= 0.6 is 0 Å². The molecule has 0 aromatic heterocycles. The van der Waals surface area contributed by atoms with Crippen LogP contribution < -0.4 is 24.8 Å². The summed E-state index contributed by atoms with van der Waals surface area (Å²) in [6.07, 6.45) is 0. The number of urea groups is 1. The molecule has 1 saturated heterocycles. The maximum atomic E-state index is 13.0. The average molecular weight is 427 g/mol. The van der Waals surface area contributed by atoms with E-state index in [1.807, 2.05) is 6.92 Å². The van der Waals surface area contributed by atoms with Gasteiger partial charge < -0.3 is 24.8 Å². The van der Waals surface area contributed by atoms with Crippen LogP contribution in [0.2, 0.25) is 0 Å². The lowest BCUT2D eigenvalue weighted by Crippen LogP contribution is -2.42. The largest absolute Gasteiger partial charge is 0.497 e. The van der Waals surface area contributed by atoms with Gasteiger partial charge in [-0.25, -0.2) is 4.79 Å². The Kier molecular flexibility index (Phi) is 6.33. The number of nitrogens with zero attached hydrogens (tertiary/aromatic N) is 1. The van der Waals surface area contributed by atoms with E-state index in [9.17, 15) is 14.4 Å². The van der Waals surface area contributed by atoms with Gasteiger partial charge in [-0.2, -0.15) is 0 Å². The first kappa shape index (κ1) is 21.9. The zero-order valence-corrected chi connectivity index (χ0v) is 17.9. The molecule has 2 aromatic rings. The highest BCUT2D eigenvalue weighted by atomic mass is 16.5. The number of methoxy groups -OCH3 is 2. The van der Waals surface area contributed by atoms with E-state index in [0.717, 1.165) is 4.90 Å². The second kappa shape index (κ2) is 8.95. The zero-order chi connectivity index (χ0) is 22.6. The molecule has 1 heterocycles.